The molecule has 0 spiro atoms. The van der Waals surface area contributed by atoms with Crippen molar-refractivity contribution < 1.29 is 9.53 Å². The lowest BCUT2D eigenvalue weighted by molar-refractivity contribution is 0.0943. The van der Waals surface area contributed by atoms with E-state index in [1.165, 1.54) is 37.7 Å². The molecule has 0 saturated heterocycles. The molecule has 1 aliphatic carbocycles. The van der Waals surface area contributed by atoms with Gasteiger partial charge in [-0.3, -0.25) is 9.78 Å². The number of carbonyl (C=O) groups is 1. The van der Waals surface area contributed by atoms with Crippen molar-refractivity contribution in [1.29, 1.82) is 0 Å². The highest BCUT2D eigenvalue weighted by atomic mass is 32.1. The van der Waals surface area contributed by atoms with E-state index in [9.17, 15) is 4.79 Å². The molecule has 1 fully saturated rings. The first kappa shape index (κ1) is 27.1. The Labute approximate surface area is 235 Å². The van der Waals surface area contributed by atoms with E-state index in [4.69, 9.17) is 9.72 Å². The first-order chi connectivity index (χ1) is 19.1. The third kappa shape index (κ3) is 6.41. The number of methoxy groups -OCH3 is 1. The number of aromatic nitrogens is 3. The molecular formula is C32H38N4O2S. The summed E-state index contributed by atoms with van der Waals surface area (Å²) in [5.41, 5.74) is 6.95. The zero-order chi connectivity index (χ0) is 27.2. The molecule has 1 N–H and O–H groups in total. The van der Waals surface area contributed by atoms with Gasteiger partial charge in [0.2, 0.25) is 0 Å². The third-order valence-electron chi connectivity index (χ3n) is 7.86. The molecule has 0 atom stereocenters. The minimum atomic E-state index is 0.0136. The van der Waals surface area contributed by atoms with Gasteiger partial charge in [-0.15, -0.1) is 11.3 Å². The van der Waals surface area contributed by atoms with Crippen LogP contribution in [0, 0.1) is 12.8 Å². The summed E-state index contributed by atoms with van der Waals surface area (Å²) >= 11 is 1.63. The maximum atomic E-state index is 13.4. The van der Waals surface area contributed by atoms with Gasteiger partial charge >= 0.3 is 0 Å². The summed E-state index contributed by atoms with van der Waals surface area (Å²) in [5.74, 6) is 1.46. The van der Waals surface area contributed by atoms with E-state index in [2.05, 4.69) is 52.3 Å². The van der Waals surface area contributed by atoms with Crippen molar-refractivity contribution in [2.45, 2.75) is 65.3 Å². The molecule has 1 aromatic carbocycles. The van der Waals surface area contributed by atoms with Crippen LogP contribution in [0.5, 0.6) is 5.75 Å². The van der Waals surface area contributed by atoms with Crippen LogP contribution in [0.25, 0.3) is 22.0 Å². The summed E-state index contributed by atoms with van der Waals surface area (Å²) in [5, 5.41) is 6.31. The molecule has 4 aromatic rings. The van der Waals surface area contributed by atoms with Crippen LogP contribution in [0.15, 0.2) is 54.0 Å². The van der Waals surface area contributed by atoms with Crippen molar-refractivity contribution in [2.24, 2.45) is 5.92 Å². The molecule has 0 unspecified atom stereocenters. The Morgan fingerprint density at radius 3 is 2.67 bits per heavy atom. The number of ether oxygens (including phenoxy) is 1. The molecule has 3 heterocycles. The molecule has 5 rings (SSSR count). The lowest BCUT2D eigenvalue weighted by Crippen LogP contribution is -2.30. The molecule has 1 amide bonds. The number of carbonyl (C=O) groups excluding carboxylic acids is 1. The van der Waals surface area contributed by atoms with Crippen LogP contribution in [0.2, 0.25) is 0 Å². The SMILES string of the molecule is CCc1cc(-c2nc(-c3cc(C(=O)NCC4CCCCC4)c(C)n3CCc3ccc(OC)cc3)cs2)ccn1. The number of amides is 1. The summed E-state index contributed by atoms with van der Waals surface area (Å²) in [6.45, 7) is 5.67. The number of hydrogen-bond acceptors (Lipinski definition) is 5. The highest BCUT2D eigenvalue weighted by Crippen LogP contribution is 2.32. The van der Waals surface area contributed by atoms with E-state index >= 15 is 0 Å². The number of nitrogens with one attached hydrogen (secondary N) is 1. The van der Waals surface area contributed by atoms with Crippen molar-refractivity contribution in [3.8, 4) is 27.7 Å². The van der Waals surface area contributed by atoms with E-state index in [-0.39, 0.29) is 5.91 Å². The fourth-order valence-corrected chi connectivity index (χ4v) is 6.27. The zero-order valence-corrected chi connectivity index (χ0v) is 24.0. The highest BCUT2D eigenvalue weighted by Gasteiger charge is 2.22. The Balaban J connectivity index is 1.42. The van der Waals surface area contributed by atoms with Crippen LogP contribution in [0.3, 0.4) is 0 Å². The molecular weight excluding hydrogens is 504 g/mol. The van der Waals surface area contributed by atoms with Gasteiger partial charge < -0.3 is 14.6 Å². The number of hydrogen-bond donors (Lipinski definition) is 1. The number of thiazole rings is 1. The standard InChI is InChI=1S/C32H38N4O2S/c1-4-26-18-25(14-16-33-26)32-35-29(21-39-32)30-19-28(31(37)34-20-24-8-6-5-7-9-24)22(2)36(30)17-15-23-10-12-27(38-3)13-11-23/h10-14,16,18-19,21,24H,4-9,15,17,20H2,1-3H3,(H,34,37). The second kappa shape index (κ2) is 12.6. The Bertz CT molecular complexity index is 1400. The predicted molar refractivity (Wildman–Crippen MR) is 158 cm³/mol. The topological polar surface area (TPSA) is 69.0 Å². The Hall–Kier alpha value is -3.45. The Morgan fingerprint density at radius 1 is 1.13 bits per heavy atom. The maximum Gasteiger partial charge on any atom is 0.253 e. The molecule has 0 aliphatic heterocycles. The highest BCUT2D eigenvalue weighted by molar-refractivity contribution is 7.13. The first-order valence-electron chi connectivity index (χ1n) is 14.1. The van der Waals surface area contributed by atoms with Gasteiger partial charge in [-0.1, -0.05) is 38.3 Å². The van der Waals surface area contributed by atoms with E-state index in [0.717, 1.165) is 70.6 Å². The van der Waals surface area contributed by atoms with Crippen LogP contribution >= 0.6 is 11.3 Å². The average molecular weight is 543 g/mol. The van der Waals surface area contributed by atoms with E-state index in [0.29, 0.717) is 5.92 Å². The van der Waals surface area contributed by atoms with Crippen molar-refractivity contribution in [3.63, 3.8) is 0 Å². The van der Waals surface area contributed by atoms with Gasteiger partial charge in [-0.25, -0.2) is 4.98 Å². The molecule has 7 heteroatoms. The monoisotopic (exact) mass is 542 g/mol. The van der Waals surface area contributed by atoms with E-state index in [1.54, 1.807) is 18.4 Å². The molecule has 204 valence electrons. The lowest BCUT2D eigenvalue weighted by Gasteiger charge is -2.21. The normalized spacial score (nSPS) is 13.9. The van der Waals surface area contributed by atoms with Gasteiger partial charge in [0.1, 0.15) is 10.8 Å². The number of nitrogens with zero attached hydrogens (tertiary/aromatic N) is 3. The third-order valence-corrected chi connectivity index (χ3v) is 8.75. The van der Waals surface area contributed by atoms with Gasteiger partial charge in [0, 0.05) is 41.6 Å². The van der Waals surface area contributed by atoms with Gasteiger partial charge in [-0.05, 0) is 74.4 Å². The molecule has 3 aromatic heterocycles. The minimum absolute atomic E-state index is 0.0136. The van der Waals surface area contributed by atoms with Crippen molar-refractivity contribution in [1.82, 2.24) is 19.9 Å². The molecule has 39 heavy (non-hydrogen) atoms. The molecule has 1 saturated carbocycles. The summed E-state index contributed by atoms with van der Waals surface area (Å²) in [6.07, 6.45) is 9.87. The van der Waals surface area contributed by atoms with Gasteiger partial charge in [-0.2, -0.15) is 0 Å². The lowest BCUT2D eigenvalue weighted by atomic mass is 9.89. The fraction of sp³-hybridized carbons (Fsp3) is 0.406. The van der Waals surface area contributed by atoms with E-state index in [1.807, 2.05) is 30.5 Å². The maximum absolute atomic E-state index is 13.4. The number of pyridine rings is 1. The largest absolute Gasteiger partial charge is 0.497 e. The fourth-order valence-electron chi connectivity index (χ4n) is 5.46. The van der Waals surface area contributed by atoms with Crippen LogP contribution in [0.4, 0.5) is 0 Å². The Morgan fingerprint density at radius 2 is 1.92 bits per heavy atom. The summed E-state index contributed by atoms with van der Waals surface area (Å²) < 4.78 is 7.57. The second-order valence-electron chi connectivity index (χ2n) is 10.4. The van der Waals surface area contributed by atoms with Crippen molar-refractivity contribution in [3.05, 3.63) is 76.6 Å². The van der Waals surface area contributed by atoms with Crippen LogP contribution in [-0.4, -0.2) is 34.1 Å². The number of rotatable bonds is 10. The first-order valence-corrected chi connectivity index (χ1v) is 15.0. The van der Waals surface area contributed by atoms with Crippen molar-refractivity contribution >= 4 is 17.2 Å². The van der Waals surface area contributed by atoms with Gasteiger partial charge in [0.15, 0.2) is 0 Å². The summed E-state index contributed by atoms with van der Waals surface area (Å²) in [7, 11) is 1.68. The quantitative estimate of drug-likeness (QED) is 0.232. The van der Waals surface area contributed by atoms with Crippen LogP contribution in [-0.2, 0) is 19.4 Å². The zero-order valence-electron chi connectivity index (χ0n) is 23.2. The van der Waals surface area contributed by atoms with Gasteiger partial charge in [0.25, 0.3) is 5.91 Å². The smallest absolute Gasteiger partial charge is 0.253 e. The minimum Gasteiger partial charge on any atom is -0.497 e. The summed E-state index contributed by atoms with van der Waals surface area (Å²) in [4.78, 5) is 22.8. The van der Waals surface area contributed by atoms with Crippen LogP contribution < -0.4 is 10.1 Å². The molecule has 1 aliphatic rings. The predicted octanol–water partition coefficient (Wildman–Crippen LogP) is 7.11. The molecule has 0 radical (unpaired) electrons. The average Bonchev–Trinajstić information content (AvgIpc) is 3.60. The number of benzene rings is 1. The number of aryl methyl sites for hydroxylation is 2. The van der Waals surface area contributed by atoms with Crippen molar-refractivity contribution in [2.75, 3.05) is 13.7 Å². The molecule has 6 nitrogen and oxygen atoms in total. The summed E-state index contributed by atoms with van der Waals surface area (Å²) in [6, 6.07) is 14.3. The molecule has 0 bridgehead atoms. The van der Waals surface area contributed by atoms with Crippen LogP contribution in [0.1, 0.15) is 66.3 Å². The van der Waals surface area contributed by atoms with Gasteiger partial charge in [0.05, 0.1) is 24.1 Å². The van der Waals surface area contributed by atoms with E-state index < -0.39 is 0 Å². The Kier molecular flexibility index (Phi) is 8.77. The second-order valence-corrected chi connectivity index (χ2v) is 11.3.